The SMILES string of the molecule is NCCc1nccn1CC1CCC2(CCCC2)O1. The van der Waals surface area contributed by atoms with Crippen molar-refractivity contribution in [3.63, 3.8) is 0 Å². The lowest BCUT2D eigenvalue weighted by molar-refractivity contribution is -0.0420. The van der Waals surface area contributed by atoms with Gasteiger partial charge in [-0.2, -0.15) is 0 Å². The third kappa shape index (κ3) is 2.31. The molecule has 2 N–H and O–H groups in total. The largest absolute Gasteiger partial charge is 0.370 e. The van der Waals surface area contributed by atoms with E-state index >= 15 is 0 Å². The second kappa shape index (κ2) is 5.02. The average Bonchev–Trinajstić information content (AvgIpc) is 3.06. The zero-order valence-corrected chi connectivity index (χ0v) is 11.0. The first kappa shape index (κ1) is 12.2. The van der Waals surface area contributed by atoms with Gasteiger partial charge < -0.3 is 15.0 Å². The van der Waals surface area contributed by atoms with E-state index in [1.807, 2.05) is 12.4 Å². The van der Waals surface area contributed by atoms with E-state index in [0.717, 1.165) is 18.8 Å². The maximum atomic E-state index is 6.34. The molecule has 0 aromatic carbocycles. The molecule has 100 valence electrons. The Labute approximate surface area is 109 Å². The topological polar surface area (TPSA) is 53.1 Å². The molecule has 1 spiro atoms. The molecule has 0 radical (unpaired) electrons. The lowest BCUT2D eigenvalue weighted by Crippen LogP contribution is -2.27. The molecule has 0 bridgehead atoms. The number of nitrogens with zero attached hydrogens (tertiary/aromatic N) is 2. The summed E-state index contributed by atoms with van der Waals surface area (Å²) in [4.78, 5) is 4.36. The van der Waals surface area contributed by atoms with Gasteiger partial charge in [0.15, 0.2) is 0 Å². The summed E-state index contributed by atoms with van der Waals surface area (Å²) >= 11 is 0. The third-order valence-corrected chi connectivity index (χ3v) is 4.42. The Balaban J connectivity index is 1.62. The Kier molecular flexibility index (Phi) is 3.39. The summed E-state index contributed by atoms with van der Waals surface area (Å²) in [6, 6.07) is 0. The maximum Gasteiger partial charge on any atom is 0.109 e. The van der Waals surface area contributed by atoms with Crippen molar-refractivity contribution in [2.24, 2.45) is 5.73 Å². The number of nitrogens with two attached hydrogens (primary N) is 1. The van der Waals surface area contributed by atoms with Crippen LogP contribution < -0.4 is 5.73 Å². The number of aromatic nitrogens is 2. The van der Waals surface area contributed by atoms with Crippen LogP contribution in [0.3, 0.4) is 0 Å². The number of hydrogen-bond acceptors (Lipinski definition) is 3. The van der Waals surface area contributed by atoms with Crippen LogP contribution in [-0.2, 0) is 17.7 Å². The van der Waals surface area contributed by atoms with E-state index in [2.05, 4.69) is 9.55 Å². The molecule has 4 nitrogen and oxygen atoms in total. The van der Waals surface area contributed by atoms with Crippen LogP contribution in [0.1, 0.15) is 44.3 Å². The summed E-state index contributed by atoms with van der Waals surface area (Å²) in [5, 5.41) is 0. The van der Waals surface area contributed by atoms with E-state index in [-0.39, 0.29) is 5.60 Å². The summed E-state index contributed by atoms with van der Waals surface area (Å²) in [5.74, 6) is 1.09. The molecule has 1 aromatic heterocycles. The zero-order valence-electron chi connectivity index (χ0n) is 11.0. The molecule has 1 unspecified atom stereocenters. The minimum absolute atomic E-state index is 0.235. The highest BCUT2D eigenvalue weighted by atomic mass is 16.5. The van der Waals surface area contributed by atoms with Crippen LogP contribution in [0.2, 0.25) is 0 Å². The number of imidazole rings is 1. The molecule has 0 amide bonds. The Morgan fingerprint density at radius 3 is 3.00 bits per heavy atom. The van der Waals surface area contributed by atoms with Crippen LogP contribution >= 0.6 is 0 Å². The van der Waals surface area contributed by atoms with Gasteiger partial charge in [0.05, 0.1) is 18.2 Å². The zero-order chi connectivity index (χ0) is 12.4. The molecule has 4 heteroatoms. The van der Waals surface area contributed by atoms with Gasteiger partial charge in [-0.05, 0) is 32.2 Å². The standard InChI is InChI=1S/C14H23N3O/c15-8-4-13-16-9-10-17(13)11-12-3-7-14(18-12)5-1-2-6-14/h9-10,12H,1-8,11,15H2. The number of ether oxygens (including phenoxy) is 1. The van der Waals surface area contributed by atoms with Gasteiger partial charge in [-0.15, -0.1) is 0 Å². The highest BCUT2D eigenvalue weighted by Gasteiger charge is 2.42. The minimum Gasteiger partial charge on any atom is -0.370 e. The molecule has 18 heavy (non-hydrogen) atoms. The van der Waals surface area contributed by atoms with E-state index < -0.39 is 0 Å². The molecule has 1 aromatic rings. The van der Waals surface area contributed by atoms with Crippen molar-refractivity contribution < 1.29 is 4.74 Å². The van der Waals surface area contributed by atoms with Gasteiger partial charge in [-0.3, -0.25) is 0 Å². The lowest BCUT2D eigenvalue weighted by atomic mass is 9.98. The van der Waals surface area contributed by atoms with Crippen LogP contribution in [0.15, 0.2) is 12.4 Å². The minimum atomic E-state index is 0.235. The van der Waals surface area contributed by atoms with Crippen molar-refractivity contribution in [1.82, 2.24) is 9.55 Å². The predicted octanol–water partition coefficient (Wildman–Crippen LogP) is 1.88. The summed E-state index contributed by atoms with van der Waals surface area (Å²) in [5.41, 5.74) is 5.84. The highest BCUT2D eigenvalue weighted by molar-refractivity contribution is 4.97. The summed E-state index contributed by atoms with van der Waals surface area (Å²) < 4.78 is 8.55. The van der Waals surface area contributed by atoms with Crippen molar-refractivity contribution in [3.8, 4) is 0 Å². The molecule has 1 aliphatic heterocycles. The van der Waals surface area contributed by atoms with E-state index in [9.17, 15) is 0 Å². The molecule has 1 saturated carbocycles. The van der Waals surface area contributed by atoms with Crippen LogP contribution in [0.25, 0.3) is 0 Å². The molecular weight excluding hydrogens is 226 g/mol. The molecular formula is C14H23N3O. The second-order valence-electron chi connectivity index (χ2n) is 5.70. The molecule has 2 heterocycles. The Hall–Kier alpha value is -0.870. The summed E-state index contributed by atoms with van der Waals surface area (Å²) in [6.45, 7) is 1.60. The molecule has 1 saturated heterocycles. The molecule has 1 atom stereocenters. The fraction of sp³-hybridized carbons (Fsp3) is 0.786. The molecule has 2 aliphatic rings. The van der Waals surface area contributed by atoms with Crippen molar-refractivity contribution in [3.05, 3.63) is 18.2 Å². The van der Waals surface area contributed by atoms with Crippen molar-refractivity contribution in [2.45, 2.75) is 63.2 Å². The van der Waals surface area contributed by atoms with Gasteiger partial charge in [0.1, 0.15) is 5.82 Å². The van der Waals surface area contributed by atoms with E-state index in [1.54, 1.807) is 0 Å². The smallest absolute Gasteiger partial charge is 0.109 e. The predicted molar refractivity (Wildman–Crippen MR) is 70.3 cm³/mol. The Bertz CT molecular complexity index is 395. The van der Waals surface area contributed by atoms with Crippen molar-refractivity contribution in [2.75, 3.05) is 6.54 Å². The quantitative estimate of drug-likeness (QED) is 0.886. The van der Waals surface area contributed by atoms with Gasteiger partial charge in [-0.1, -0.05) is 12.8 Å². The Morgan fingerprint density at radius 1 is 1.39 bits per heavy atom. The molecule has 2 fully saturated rings. The van der Waals surface area contributed by atoms with E-state index in [4.69, 9.17) is 10.5 Å². The first-order chi connectivity index (χ1) is 8.81. The van der Waals surface area contributed by atoms with Crippen LogP contribution in [-0.4, -0.2) is 27.8 Å². The van der Waals surface area contributed by atoms with Gasteiger partial charge in [0.25, 0.3) is 0 Å². The van der Waals surface area contributed by atoms with Crippen molar-refractivity contribution >= 4 is 0 Å². The van der Waals surface area contributed by atoms with Crippen LogP contribution in [0.5, 0.6) is 0 Å². The summed E-state index contributed by atoms with van der Waals surface area (Å²) in [6.07, 6.45) is 12.8. The average molecular weight is 249 g/mol. The first-order valence-electron chi connectivity index (χ1n) is 7.19. The highest BCUT2D eigenvalue weighted by Crippen LogP contribution is 2.43. The molecule has 3 rings (SSSR count). The van der Waals surface area contributed by atoms with Crippen molar-refractivity contribution in [1.29, 1.82) is 0 Å². The van der Waals surface area contributed by atoms with Crippen LogP contribution in [0, 0.1) is 0 Å². The normalized spacial score (nSPS) is 26.2. The first-order valence-corrected chi connectivity index (χ1v) is 7.19. The van der Waals surface area contributed by atoms with E-state index in [0.29, 0.717) is 12.6 Å². The molecule has 1 aliphatic carbocycles. The van der Waals surface area contributed by atoms with Gasteiger partial charge in [0.2, 0.25) is 0 Å². The van der Waals surface area contributed by atoms with Crippen LogP contribution in [0.4, 0.5) is 0 Å². The van der Waals surface area contributed by atoms with Gasteiger partial charge in [0, 0.05) is 18.8 Å². The summed E-state index contributed by atoms with van der Waals surface area (Å²) in [7, 11) is 0. The number of hydrogen-bond donors (Lipinski definition) is 1. The third-order valence-electron chi connectivity index (χ3n) is 4.42. The van der Waals surface area contributed by atoms with E-state index in [1.165, 1.54) is 38.5 Å². The second-order valence-corrected chi connectivity index (χ2v) is 5.70. The maximum absolute atomic E-state index is 6.34. The number of rotatable bonds is 4. The monoisotopic (exact) mass is 249 g/mol. The van der Waals surface area contributed by atoms with Gasteiger partial charge in [-0.25, -0.2) is 4.98 Å². The fourth-order valence-corrected chi connectivity index (χ4v) is 3.49. The van der Waals surface area contributed by atoms with Gasteiger partial charge >= 0.3 is 0 Å². The Morgan fingerprint density at radius 2 is 2.22 bits per heavy atom. The fourth-order valence-electron chi connectivity index (χ4n) is 3.49. The lowest BCUT2D eigenvalue weighted by Gasteiger charge is -2.24.